The van der Waals surface area contributed by atoms with Gasteiger partial charge in [0, 0.05) is 17.5 Å². The molecular weight excluding hydrogens is 288 g/mol. The first kappa shape index (κ1) is 17.3. The summed E-state index contributed by atoms with van der Waals surface area (Å²) < 4.78 is 10.4. The van der Waals surface area contributed by atoms with Gasteiger partial charge >= 0.3 is 0 Å². The number of methoxy groups -OCH3 is 2. The van der Waals surface area contributed by atoms with Crippen LogP contribution in [0.5, 0.6) is 11.5 Å². The van der Waals surface area contributed by atoms with Gasteiger partial charge < -0.3 is 20.9 Å². The van der Waals surface area contributed by atoms with E-state index in [-0.39, 0.29) is 17.5 Å². The molecule has 0 aliphatic carbocycles. The molecule has 2 rings (SSSR count). The largest absolute Gasteiger partial charge is 0.497 e. The molecule has 0 fully saturated rings. The van der Waals surface area contributed by atoms with Crippen LogP contribution in [0.3, 0.4) is 0 Å². The van der Waals surface area contributed by atoms with Crippen LogP contribution >= 0.6 is 0 Å². The van der Waals surface area contributed by atoms with Crippen LogP contribution in [0.25, 0.3) is 0 Å². The van der Waals surface area contributed by atoms with Gasteiger partial charge in [0.15, 0.2) is 0 Å². The monoisotopic (exact) mass is 314 g/mol. The molecule has 0 saturated heterocycles. The van der Waals surface area contributed by atoms with E-state index in [0.29, 0.717) is 0 Å². The zero-order valence-corrected chi connectivity index (χ0v) is 14.2. The molecule has 4 nitrogen and oxygen atoms in total. The van der Waals surface area contributed by atoms with E-state index < -0.39 is 0 Å². The Morgan fingerprint density at radius 1 is 0.783 bits per heavy atom. The molecule has 0 bridgehead atoms. The molecule has 124 valence electrons. The minimum atomic E-state index is -0.272. The van der Waals surface area contributed by atoms with Gasteiger partial charge in [0.05, 0.1) is 14.2 Å². The van der Waals surface area contributed by atoms with Crippen LogP contribution in [0.4, 0.5) is 0 Å². The van der Waals surface area contributed by atoms with Crippen LogP contribution in [-0.4, -0.2) is 20.3 Å². The quantitative estimate of drug-likeness (QED) is 0.860. The van der Waals surface area contributed by atoms with Gasteiger partial charge in [0.2, 0.25) is 0 Å². The van der Waals surface area contributed by atoms with E-state index in [1.165, 1.54) is 0 Å². The van der Waals surface area contributed by atoms with Crippen molar-refractivity contribution in [3.63, 3.8) is 0 Å². The van der Waals surface area contributed by atoms with Crippen molar-refractivity contribution in [1.29, 1.82) is 0 Å². The van der Waals surface area contributed by atoms with E-state index in [4.69, 9.17) is 20.9 Å². The van der Waals surface area contributed by atoms with E-state index in [1.807, 2.05) is 48.5 Å². The smallest absolute Gasteiger partial charge is 0.118 e. The molecule has 4 N–H and O–H groups in total. The molecule has 0 heterocycles. The molecule has 0 amide bonds. The topological polar surface area (TPSA) is 70.5 Å². The molecule has 0 aliphatic rings. The summed E-state index contributed by atoms with van der Waals surface area (Å²) in [6.45, 7) is 4.23. The second-order valence-electron chi connectivity index (χ2n) is 6.27. The van der Waals surface area contributed by atoms with E-state index in [0.717, 1.165) is 22.6 Å². The highest BCUT2D eigenvalue weighted by atomic mass is 16.5. The van der Waals surface area contributed by atoms with Crippen molar-refractivity contribution >= 4 is 0 Å². The average molecular weight is 314 g/mol. The van der Waals surface area contributed by atoms with Gasteiger partial charge in [-0.3, -0.25) is 0 Å². The third-order valence-corrected chi connectivity index (χ3v) is 4.55. The van der Waals surface area contributed by atoms with E-state index >= 15 is 0 Å². The molecule has 2 aromatic rings. The van der Waals surface area contributed by atoms with E-state index in [1.54, 1.807) is 14.2 Å². The summed E-state index contributed by atoms with van der Waals surface area (Å²) in [6, 6.07) is 15.2. The minimum Gasteiger partial charge on any atom is -0.497 e. The molecule has 0 unspecified atom stereocenters. The van der Waals surface area contributed by atoms with Gasteiger partial charge in [0.1, 0.15) is 11.5 Å². The van der Waals surface area contributed by atoms with Crippen LogP contribution in [0, 0.1) is 0 Å². The lowest BCUT2D eigenvalue weighted by Gasteiger charge is -2.36. The molecule has 4 heteroatoms. The Balaban J connectivity index is 2.22. The standard InChI is InChI=1S/C19H26N2O2/c1-19(2,14-7-11-16(23-4)12-8-14)18(21)17(20)13-5-9-15(22-3)10-6-13/h5-12,17-18H,20-21H2,1-4H3/t17-,18+/m1/s1. The second kappa shape index (κ2) is 7.02. The molecule has 2 atom stereocenters. The van der Waals surface area contributed by atoms with Crippen LogP contribution in [-0.2, 0) is 5.41 Å². The summed E-state index contributed by atoms with van der Waals surface area (Å²) in [4.78, 5) is 0. The van der Waals surface area contributed by atoms with Crippen LogP contribution in [0.1, 0.15) is 31.0 Å². The summed E-state index contributed by atoms with van der Waals surface area (Å²) in [5.74, 6) is 1.64. The Hall–Kier alpha value is -2.04. The Kier molecular flexibility index (Phi) is 5.29. The van der Waals surface area contributed by atoms with Crippen LogP contribution in [0.2, 0.25) is 0 Å². The minimum absolute atomic E-state index is 0.232. The van der Waals surface area contributed by atoms with Crippen LogP contribution in [0.15, 0.2) is 48.5 Å². The average Bonchev–Trinajstić information content (AvgIpc) is 2.60. The summed E-state index contributed by atoms with van der Waals surface area (Å²) in [5.41, 5.74) is 14.8. The Bertz CT molecular complexity index is 621. The number of hydrogen-bond donors (Lipinski definition) is 2. The predicted molar refractivity (Wildman–Crippen MR) is 93.9 cm³/mol. The Labute approximate surface area is 138 Å². The highest BCUT2D eigenvalue weighted by Gasteiger charge is 2.33. The van der Waals surface area contributed by atoms with Crippen molar-refractivity contribution in [3.8, 4) is 11.5 Å². The van der Waals surface area contributed by atoms with Gasteiger partial charge in [-0.1, -0.05) is 38.1 Å². The summed E-state index contributed by atoms with van der Waals surface area (Å²) in [5, 5.41) is 0. The van der Waals surface area contributed by atoms with E-state index in [9.17, 15) is 0 Å². The van der Waals surface area contributed by atoms with Crippen molar-refractivity contribution in [3.05, 3.63) is 59.7 Å². The highest BCUT2D eigenvalue weighted by molar-refractivity contribution is 5.35. The number of hydrogen-bond acceptors (Lipinski definition) is 4. The molecule has 23 heavy (non-hydrogen) atoms. The number of rotatable bonds is 6. The van der Waals surface area contributed by atoms with Crippen molar-refractivity contribution in [2.24, 2.45) is 11.5 Å². The first-order chi connectivity index (χ1) is 10.9. The molecule has 0 radical (unpaired) electrons. The van der Waals surface area contributed by atoms with Gasteiger partial charge in [-0.2, -0.15) is 0 Å². The van der Waals surface area contributed by atoms with Crippen molar-refractivity contribution in [2.45, 2.75) is 31.3 Å². The van der Waals surface area contributed by atoms with Gasteiger partial charge in [0.25, 0.3) is 0 Å². The maximum atomic E-state index is 6.51. The fourth-order valence-electron chi connectivity index (χ4n) is 2.70. The van der Waals surface area contributed by atoms with Gasteiger partial charge in [-0.15, -0.1) is 0 Å². The molecule has 0 aliphatic heterocycles. The number of nitrogens with two attached hydrogens (primary N) is 2. The Morgan fingerprint density at radius 3 is 1.65 bits per heavy atom. The van der Waals surface area contributed by atoms with E-state index in [2.05, 4.69) is 13.8 Å². The van der Waals surface area contributed by atoms with Crippen molar-refractivity contribution in [1.82, 2.24) is 0 Å². The van der Waals surface area contributed by atoms with Crippen LogP contribution < -0.4 is 20.9 Å². The summed E-state index contributed by atoms with van der Waals surface area (Å²) in [6.07, 6.45) is 0. The lowest BCUT2D eigenvalue weighted by Crippen LogP contribution is -2.48. The third kappa shape index (κ3) is 3.66. The number of benzene rings is 2. The lowest BCUT2D eigenvalue weighted by molar-refractivity contribution is 0.356. The van der Waals surface area contributed by atoms with Crippen molar-refractivity contribution < 1.29 is 9.47 Å². The summed E-state index contributed by atoms with van der Waals surface area (Å²) >= 11 is 0. The highest BCUT2D eigenvalue weighted by Crippen LogP contribution is 2.33. The summed E-state index contributed by atoms with van der Waals surface area (Å²) in [7, 11) is 3.30. The number of ether oxygens (including phenoxy) is 2. The maximum Gasteiger partial charge on any atom is 0.118 e. The molecule has 0 aromatic heterocycles. The maximum absolute atomic E-state index is 6.51. The molecule has 0 spiro atoms. The molecule has 0 saturated carbocycles. The van der Waals surface area contributed by atoms with Gasteiger partial charge in [-0.05, 0) is 35.4 Å². The fraction of sp³-hybridized carbons (Fsp3) is 0.368. The predicted octanol–water partition coefficient (Wildman–Crippen LogP) is 3.01. The fourth-order valence-corrected chi connectivity index (χ4v) is 2.70. The van der Waals surface area contributed by atoms with Gasteiger partial charge in [-0.25, -0.2) is 0 Å². The second-order valence-corrected chi connectivity index (χ2v) is 6.27. The zero-order valence-electron chi connectivity index (χ0n) is 14.2. The SMILES string of the molecule is COc1ccc([C@@H](N)[C@H](N)C(C)(C)c2ccc(OC)cc2)cc1. The lowest BCUT2D eigenvalue weighted by atomic mass is 9.74. The third-order valence-electron chi connectivity index (χ3n) is 4.55. The Morgan fingerprint density at radius 2 is 1.22 bits per heavy atom. The normalized spacial score (nSPS) is 14.2. The molecule has 2 aromatic carbocycles. The first-order valence-corrected chi connectivity index (χ1v) is 7.69. The first-order valence-electron chi connectivity index (χ1n) is 7.69. The van der Waals surface area contributed by atoms with Crippen molar-refractivity contribution in [2.75, 3.05) is 14.2 Å². The molecular formula is C19H26N2O2. The zero-order chi connectivity index (χ0) is 17.0.